The maximum Gasteiger partial charge on any atom is 0.315 e. The van der Waals surface area contributed by atoms with Crippen LogP contribution in [-0.2, 0) is 6.54 Å². The van der Waals surface area contributed by atoms with Crippen molar-refractivity contribution in [3.05, 3.63) is 35.3 Å². The van der Waals surface area contributed by atoms with Gasteiger partial charge in [-0.05, 0) is 18.3 Å². The van der Waals surface area contributed by atoms with Crippen molar-refractivity contribution in [1.82, 2.24) is 20.8 Å². The van der Waals surface area contributed by atoms with Crippen LogP contribution in [0, 0.1) is 11.8 Å². The number of rotatable bonds is 5. The van der Waals surface area contributed by atoms with Crippen molar-refractivity contribution in [1.29, 1.82) is 0 Å². The normalized spacial score (nSPS) is 23.2. The molecule has 2 saturated carbocycles. The highest BCUT2D eigenvalue weighted by molar-refractivity contribution is 7.14. The van der Waals surface area contributed by atoms with Crippen molar-refractivity contribution in [2.75, 3.05) is 0 Å². The first-order valence-corrected chi connectivity index (χ1v) is 10.0. The average molecular weight is 356 g/mol. The van der Waals surface area contributed by atoms with E-state index in [0.717, 1.165) is 27.9 Å². The van der Waals surface area contributed by atoms with Gasteiger partial charge in [-0.25, -0.2) is 4.79 Å². The summed E-state index contributed by atoms with van der Waals surface area (Å²) in [7, 11) is 0. The molecule has 2 N–H and O–H groups in total. The minimum Gasteiger partial charge on any atom is -0.335 e. The van der Waals surface area contributed by atoms with Gasteiger partial charge in [0.25, 0.3) is 0 Å². The lowest BCUT2D eigenvalue weighted by molar-refractivity contribution is 0.237. The van der Waals surface area contributed by atoms with Gasteiger partial charge >= 0.3 is 6.03 Å². The van der Waals surface area contributed by atoms with Crippen molar-refractivity contribution < 1.29 is 4.79 Å². The third kappa shape index (κ3) is 4.18. The fraction of sp³-hybridized carbons (Fsp3) is 0.526. The highest BCUT2D eigenvalue weighted by atomic mass is 32.1. The lowest BCUT2D eigenvalue weighted by Gasteiger charge is -2.21. The summed E-state index contributed by atoms with van der Waals surface area (Å²) in [5.74, 6) is 1.54. The molecule has 132 valence electrons. The van der Waals surface area contributed by atoms with Gasteiger partial charge in [-0.3, -0.25) is 0 Å². The number of carbonyl (C=O) groups excluding carboxylic acids is 1. The van der Waals surface area contributed by atoms with Gasteiger partial charge < -0.3 is 10.6 Å². The number of nitrogens with zero attached hydrogens (tertiary/aromatic N) is 2. The summed E-state index contributed by atoms with van der Waals surface area (Å²) in [6.45, 7) is 0.428. The zero-order valence-corrected chi connectivity index (χ0v) is 15.1. The van der Waals surface area contributed by atoms with E-state index in [2.05, 4.69) is 20.8 Å². The number of carbonyl (C=O) groups is 1. The Bertz CT molecular complexity index is 711. The fourth-order valence-electron chi connectivity index (χ4n) is 3.86. The summed E-state index contributed by atoms with van der Waals surface area (Å²) in [5, 5.41) is 16.1. The second kappa shape index (κ2) is 7.52. The molecule has 0 radical (unpaired) electrons. The Morgan fingerprint density at radius 2 is 1.92 bits per heavy atom. The number of hydrogen-bond acceptors (Lipinski definition) is 4. The summed E-state index contributed by atoms with van der Waals surface area (Å²) in [6.07, 6.45) is 7.94. The van der Waals surface area contributed by atoms with Crippen molar-refractivity contribution in [3.8, 4) is 10.6 Å². The SMILES string of the molecule is O=C(NCc1nnc(-c2ccccc2)s1)N[C@@H]1C[C@H]1C1CCCCC1. The fourth-order valence-corrected chi connectivity index (χ4v) is 4.65. The molecule has 1 heterocycles. The topological polar surface area (TPSA) is 66.9 Å². The van der Waals surface area contributed by atoms with E-state index in [9.17, 15) is 4.79 Å². The molecular weight excluding hydrogens is 332 g/mol. The molecule has 5 nitrogen and oxygen atoms in total. The van der Waals surface area contributed by atoms with Gasteiger partial charge in [-0.15, -0.1) is 10.2 Å². The van der Waals surface area contributed by atoms with Crippen LogP contribution in [0.1, 0.15) is 43.5 Å². The van der Waals surface area contributed by atoms with Gasteiger partial charge in [-0.2, -0.15) is 0 Å². The van der Waals surface area contributed by atoms with E-state index in [0.29, 0.717) is 18.5 Å². The monoisotopic (exact) mass is 356 g/mol. The van der Waals surface area contributed by atoms with Crippen molar-refractivity contribution >= 4 is 17.4 Å². The molecule has 2 atom stereocenters. The molecule has 0 saturated heterocycles. The number of benzene rings is 1. The number of hydrogen-bond donors (Lipinski definition) is 2. The van der Waals surface area contributed by atoms with Gasteiger partial charge in [0, 0.05) is 11.6 Å². The van der Waals surface area contributed by atoms with Crippen LogP contribution in [0.3, 0.4) is 0 Å². The maximum atomic E-state index is 12.1. The van der Waals surface area contributed by atoms with E-state index < -0.39 is 0 Å². The maximum absolute atomic E-state index is 12.1. The molecule has 2 aliphatic carbocycles. The van der Waals surface area contributed by atoms with Crippen LogP contribution in [0.5, 0.6) is 0 Å². The molecule has 0 spiro atoms. The third-order valence-electron chi connectivity index (χ3n) is 5.30. The molecule has 2 amide bonds. The van der Waals surface area contributed by atoms with Crippen LogP contribution in [0.4, 0.5) is 4.79 Å². The molecule has 2 aliphatic rings. The Morgan fingerprint density at radius 1 is 1.12 bits per heavy atom. The second-order valence-electron chi connectivity index (χ2n) is 7.10. The Hall–Kier alpha value is -1.95. The van der Waals surface area contributed by atoms with Crippen LogP contribution in [-0.4, -0.2) is 22.3 Å². The lowest BCUT2D eigenvalue weighted by atomic mass is 9.85. The first-order valence-electron chi connectivity index (χ1n) is 9.22. The molecule has 1 aromatic carbocycles. The molecule has 0 aliphatic heterocycles. The number of urea groups is 1. The van der Waals surface area contributed by atoms with Gasteiger partial charge in [-0.1, -0.05) is 73.8 Å². The van der Waals surface area contributed by atoms with E-state index in [1.807, 2.05) is 30.3 Å². The second-order valence-corrected chi connectivity index (χ2v) is 8.16. The summed E-state index contributed by atoms with van der Waals surface area (Å²) < 4.78 is 0. The van der Waals surface area contributed by atoms with Crippen LogP contribution in [0.25, 0.3) is 10.6 Å². The highest BCUT2D eigenvalue weighted by Gasteiger charge is 2.43. The van der Waals surface area contributed by atoms with E-state index in [1.54, 1.807) is 0 Å². The molecule has 2 aromatic rings. The van der Waals surface area contributed by atoms with Crippen LogP contribution in [0.15, 0.2) is 30.3 Å². The highest BCUT2D eigenvalue weighted by Crippen LogP contribution is 2.44. The molecular formula is C19H24N4OS. The molecule has 1 aromatic heterocycles. The first kappa shape index (κ1) is 16.5. The van der Waals surface area contributed by atoms with Gasteiger partial charge in [0.15, 0.2) is 0 Å². The van der Waals surface area contributed by atoms with Crippen LogP contribution in [0.2, 0.25) is 0 Å². The quantitative estimate of drug-likeness (QED) is 0.852. The van der Waals surface area contributed by atoms with Gasteiger partial charge in [0.2, 0.25) is 0 Å². The number of nitrogens with one attached hydrogen (secondary N) is 2. The van der Waals surface area contributed by atoms with Crippen molar-refractivity contribution in [2.45, 2.75) is 51.1 Å². The van der Waals surface area contributed by atoms with Crippen LogP contribution >= 0.6 is 11.3 Å². The minimum atomic E-state index is -0.0835. The molecule has 0 bridgehead atoms. The largest absolute Gasteiger partial charge is 0.335 e. The standard InChI is InChI=1S/C19H24N4OS/c24-19(21-16-11-15(16)13-7-3-1-4-8-13)20-12-17-22-23-18(25-17)14-9-5-2-6-10-14/h2,5-6,9-10,13,15-16H,1,3-4,7-8,11-12H2,(H2,20,21,24)/t15-,16+/m0/s1. The molecule has 25 heavy (non-hydrogen) atoms. The molecule has 4 rings (SSSR count). The lowest BCUT2D eigenvalue weighted by Crippen LogP contribution is -2.37. The summed E-state index contributed by atoms with van der Waals surface area (Å²) in [6, 6.07) is 10.3. The Morgan fingerprint density at radius 3 is 2.72 bits per heavy atom. The molecule has 6 heteroatoms. The van der Waals surface area contributed by atoms with Gasteiger partial charge in [0.05, 0.1) is 6.54 Å². The van der Waals surface area contributed by atoms with E-state index in [-0.39, 0.29) is 6.03 Å². The molecule has 0 unspecified atom stereocenters. The summed E-state index contributed by atoms with van der Waals surface area (Å²) in [5.41, 5.74) is 1.06. The average Bonchev–Trinajstić information content (AvgIpc) is 3.26. The number of amides is 2. The summed E-state index contributed by atoms with van der Waals surface area (Å²) in [4.78, 5) is 12.1. The number of aromatic nitrogens is 2. The van der Waals surface area contributed by atoms with Crippen molar-refractivity contribution in [2.24, 2.45) is 11.8 Å². The van der Waals surface area contributed by atoms with E-state index in [1.165, 1.54) is 43.4 Å². The van der Waals surface area contributed by atoms with Gasteiger partial charge in [0.1, 0.15) is 10.0 Å². The zero-order chi connectivity index (χ0) is 17.1. The van der Waals surface area contributed by atoms with E-state index in [4.69, 9.17) is 0 Å². The predicted octanol–water partition coefficient (Wildman–Crippen LogP) is 3.97. The Kier molecular flexibility index (Phi) is 4.97. The Balaban J connectivity index is 1.22. The molecule has 2 fully saturated rings. The third-order valence-corrected chi connectivity index (χ3v) is 6.27. The first-order chi connectivity index (χ1) is 12.3. The van der Waals surface area contributed by atoms with Crippen molar-refractivity contribution in [3.63, 3.8) is 0 Å². The van der Waals surface area contributed by atoms with E-state index >= 15 is 0 Å². The summed E-state index contributed by atoms with van der Waals surface area (Å²) >= 11 is 1.52. The van der Waals surface area contributed by atoms with Crippen LogP contribution < -0.4 is 10.6 Å². The zero-order valence-electron chi connectivity index (χ0n) is 14.3. The predicted molar refractivity (Wildman–Crippen MR) is 99.2 cm³/mol. The minimum absolute atomic E-state index is 0.0835. The smallest absolute Gasteiger partial charge is 0.315 e. The Labute approximate surface area is 152 Å².